The van der Waals surface area contributed by atoms with Crippen molar-refractivity contribution < 1.29 is 14.7 Å². The zero-order valence-electron chi connectivity index (χ0n) is 11.4. The average molecular weight is 249 g/mol. The molecule has 1 aromatic rings. The molecule has 0 saturated carbocycles. The molecule has 0 bridgehead atoms. The Bertz CT molecular complexity index is 473. The Labute approximate surface area is 107 Å². The summed E-state index contributed by atoms with van der Waals surface area (Å²) in [5.74, 6) is -1.04. The number of likely N-dealkylation sites (N-methyl/N-ethyl adjacent to an activating group) is 1. The van der Waals surface area contributed by atoms with Gasteiger partial charge in [0.05, 0.1) is 0 Å². The largest absolute Gasteiger partial charge is 0.479 e. The summed E-state index contributed by atoms with van der Waals surface area (Å²) in [7, 11) is 1.49. The number of hydrogen-bond acceptors (Lipinski definition) is 2. The zero-order chi connectivity index (χ0) is 14.1. The van der Waals surface area contributed by atoms with E-state index in [2.05, 4.69) is 0 Å². The van der Waals surface area contributed by atoms with Gasteiger partial charge in [0.15, 0.2) is 5.54 Å². The monoisotopic (exact) mass is 249 g/mol. The number of carboxylic acid groups (broad SMARTS) is 1. The van der Waals surface area contributed by atoms with Gasteiger partial charge in [-0.05, 0) is 44.4 Å². The maximum Gasteiger partial charge on any atom is 0.334 e. The molecule has 1 atom stereocenters. The number of carboxylic acids is 1. The first kappa shape index (κ1) is 14.2. The highest BCUT2D eigenvalue weighted by Crippen LogP contribution is 2.32. The van der Waals surface area contributed by atoms with Crippen LogP contribution in [0.4, 0.5) is 0 Å². The molecule has 0 aliphatic rings. The Morgan fingerprint density at radius 3 is 2.06 bits per heavy atom. The molecule has 0 aromatic heterocycles. The molecule has 1 amide bonds. The van der Waals surface area contributed by atoms with Crippen LogP contribution in [0, 0.1) is 20.8 Å². The highest BCUT2D eigenvalue weighted by Gasteiger charge is 2.41. The summed E-state index contributed by atoms with van der Waals surface area (Å²) in [6.45, 7) is 7.25. The molecular weight excluding hydrogens is 230 g/mol. The lowest BCUT2D eigenvalue weighted by atomic mass is 9.83. The van der Waals surface area contributed by atoms with E-state index in [1.165, 1.54) is 11.9 Å². The van der Waals surface area contributed by atoms with Crippen molar-refractivity contribution in [1.29, 1.82) is 0 Å². The molecular formula is C14H19NO3. The lowest BCUT2D eigenvalue weighted by Gasteiger charge is -2.35. The van der Waals surface area contributed by atoms with Gasteiger partial charge in [-0.25, -0.2) is 4.79 Å². The van der Waals surface area contributed by atoms with Crippen LogP contribution in [0.25, 0.3) is 0 Å². The van der Waals surface area contributed by atoms with Gasteiger partial charge >= 0.3 is 5.97 Å². The van der Waals surface area contributed by atoms with Crippen LogP contribution in [0.2, 0.25) is 0 Å². The topological polar surface area (TPSA) is 57.6 Å². The van der Waals surface area contributed by atoms with Gasteiger partial charge in [0, 0.05) is 7.05 Å². The molecule has 4 heteroatoms. The van der Waals surface area contributed by atoms with Crippen LogP contribution in [0.5, 0.6) is 0 Å². The first-order chi connectivity index (χ1) is 8.25. The number of amides is 1. The first-order valence-electron chi connectivity index (χ1n) is 5.75. The molecule has 1 unspecified atom stereocenters. The molecule has 0 heterocycles. The fourth-order valence-electron chi connectivity index (χ4n) is 2.49. The van der Waals surface area contributed by atoms with Crippen molar-refractivity contribution in [3.63, 3.8) is 0 Å². The van der Waals surface area contributed by atoms with Crippen LogP contribution in [0.3, 0.4) is 0 Å². The number of rotatable bonds is 4. The second-order valence-corrected chi connectivity index (χ2v) is 4.87. The Morgan fingerprint density at radius 1 is 1.28 bits per heavy atom. The maximum atomic E-state index is 11.6. The van der Waals surface area contributed by atoms with Crippen molar-refractivity contribution in [1.82, 2.24) is 4.90 Å². The van der Waals surface area contributed by atoms with Crippen LogP contribution < -0.4 is 0 Å². The molecule has 1 aromatic carbocycles. The van der Waals surface area contributed by atoms with Crippen molar-refractivity contribution in [3.05, 3.63) is 34.4 Å². The van der Waals surface area contributed by atoms with E-state index in [1.54, 1.807) is 6.92 Å². The smallest absolute Gasteiger partial charge is 0.334 e. The lowest BCUT2D eigenvalue weighted by molar-refractivity contribution is -0.153. The molecule has 18 heavy (non-hydrogen) atoms. The molecule has 98 valence electrons. The molecule has 0 aliphatic carbocycles. The van der Waals surface area contributed by atoms with Crippen LogP contribution in [-0.4, -0.2) is 29.4 Å². The minimum atomic E-state index is -1.34. The summed E-state index contributed by atoms with van der Waals surface area (Å²) in [5.41, 5.74) is 2.17. The van der Waals surface area contributed by atoms with E-state index in [1.807, 2.05) is 32.9 Å². The summed E-state index contributed by atoms with van der Waals surface area (Å²) in [6.07, 6.45) is 0.548. The number of carbonyl (C=O) groups excluding carboxylic acids is 1. The van der Waals surface area contributed by atoms with Crippen LogP contribution in [0.1, 0.15) is 29.2 Å². The molecule has 1 N–H and O–H groups in total. The summed E-state index contributed by atoms with van der Waals surface area (Å²) < 4.78 is 0. The van der Waals surface area contributed by atoms with Crippen molar-refractivity contribution in [2.45, 2.75) is 33.2 Å². The Kier molecular flexibility index (Phi) is 3.79. The lowest BCUT2D eigenvalue weighted by Crippen LogP contribution is -2.48. The molecule has 0 saturated heterocycles. The maximum absolute atomic E-state index is 11.6. The summed E-state index contributed by atoms with van der Waals surface area (Å²) >= 11 is 0. The zero-order valence-corrected chi connectivity index (χ0v) is 11.4. The number of aryl methyl sites for hydroxylation is 3. The molecule has 0 spiro atoms. The van der Waals surface area contributed by atoms with Crippen LogP contribution in [-0.2, 0) is 15.1 Å². The third-order valence-corrected chi connectivity index (χ3v) is 3.44. The predicted molar refractivity (Wildman–Crippen MR) is 69.5 cm³/mol. The summed E-state index contributed by atoms with van der Waals surface area (Å²) in [6, 6.07) is 3.87. The molecule has 1 rings (SSSR count). The van der Waals surface area contributed by atoms with Crippen molar-refractivity contribution >= 4 is 12.4 Å². The quantitative estimate of drug-likeness (QED) is 0.830. The molecule has 0 radical (unpaired) electrons. The Hall–Kier alpha value is -1.84. The van der Waals surface area contributed by atoms with Gasteiger partial charge in [0.2, 0.25) is 6.41 Å². The normalized spacial score (nSPS) is 13.8. The minimum absolute atomic E-state index is 0.548. The minimum Gasteiger partial charge on any atom is -0.479 e. The van der Waals surface area contributed by atoms with E-state index in [0.717, 1.165) is 16.7 Å². The Balaban J connectivity index is 3.59. The van der Waals surface area contributed by atoms with E-state index in [-0.39, 0.29) is 0 Å². The molecule has 4 nitrogen and oxygen atoms in total. The SMILES string of the molecule is Cc1cc(C)c(C(C)(C(=O)O)N(C)C=O)c(C)c1. The van der Waals surface area contributed by atoms with Gasteiger partial charge in [-0.2, -0.15) is 0 Å². The van der Waals surface area contributed by atoms with Gasteiger partial charge in [-0.3, -0.25) is 4.79 Å². The third-order valence-electron chi connectivity index (χ3n) is 3.44. The molecule has 0 aliphatic heterocycles. The van der Waals surface area contributed by atoms with Crippen molar-refractivity contribution in [3.8, 4) is 0 Å². The van der Waals surface area contributed by atoms with Crippen LogP contribution >= 0.6 is 0 Å². The summed E-state index contributed by atoms with van der Waals surface area (Å²) in [5, 5.41) is 9.51. The Morgan fingerprint density at radius 2 is 1.72 bits per heavy atom. The second-order valence-electron chi connectivity index (χ2n) is 4.87. The van der Waals surface area contributed by atoms with Gasteiger partial charge in [-0.15, -0.1) is 0 Å². The predicted octanol–water partition coefficient (Wildman–Crippen LogP) is 2.00. The first-order valence-corrected chi connectivity index (χ1v) is 5.75. The third kappa shape index (κ3) is 2.10. The van der Waals surface area contributed by atoms with Gasteiger partial charge in [0.25, 0.3) is 0 Å². The highest BCUT2D eigenvalue weighted by atomic mass is 16.4. The van der Waals surface area contributed by atoms with Crippen LogP contribution in [0.15, 0.2) is 12.1 Å². The fourth-order valence-corrected chi connectivity index (χ4v) is 2.49. The number of nitrogens with zero attached hydrogens (tertiary/aromatic N) is 1. The van der Waals surface area contributed by atoms with E-state index in [9.17, 15) is 14.7 Å². The van der Waals surface area contributed by atoms with Gasteiger partial charge < -0.3 is 10.0 Å². The van der Waals surface area contributed by atoms with Crippen molar-refractivity contribution in [2.24, 2.45) is 0 Å². The number of benzene rings is 1. The number of aliphatic carboxylic acids is 1. The van der Waals surface area contributed by atoms with Gasteiger partial charge in [-0.1, -0.05) is 17.7 Å². The molecule has 0 fully saturated rings. The second kappa shape index (κ2) is 4.80. The van der Waals surface area contributed by atoms with E-state index >= 15 is 0 Å². The van der Waals surface area contributed by atoms with E-state index in [0.29, 0.717) is 12.0 Å². The fraction of sp³-hybridized carbons (Fsp3) is 0.429. The van der Waals surface area contributed by atoms with E-state index < -0.39 is 11.5 Å². The summed E-state index contributed by atoms with van der Waals surface area (Å²) in [4.78, 5) is 23.8. The number of carbonyl (C=O) groups is 2. The average Bonchev–Trinajstić information content (AvgIpc) is 2.25. The number of hydrogen-bond donors (Lipinski definition) is 1. The highest BCUT2D eigenvalue weighted by molar-refractivity contribution is 5.84. The van der Waals surface area contributed by atoms with Gasteiger partial charge in [0.1, 0.15) is 0 Å². The standard InChI is InChI=1S/C14H19NO3/c1-9-6-10(2)12(11(3)7-9)14(4,13(17)18)15(5)8-16/h6-8H,1-5H3,(H,17,18). The van der Waals surface area contributed by atoms with Crippen molar-refractivity contribution in [2.75, 3.05) is 7.05 Å². The van der Waals surface area contributed by atoms with E-state index in [4.69, 9.17) is 0 Å².